The first-order valence-electron chi connectivity index (χ1n) is 9.89. The van der Waals surface area contributed by atoms with Crippen molar-refractivity contribution in [1.29, 1.82) is 0 Å². The van der Waals surface area contributed by atoms with Crippen LogP contribution in [0.3, 0.4) is 0 Å². The number of hydrogen-bond donors (Lipinski definition) is 1. The van der Waals surface area contributed by atoms with Crippen molar-refractivity contribution in [2.45, 2.75) is 39.3 Å². The fourth-order valence-electron chi connectivity index (χ4n) is 3.34. The van der Waals surface area contributed by atoms with Gasteiger partial charge in [0.05, 0.1) is 18.8 Å². The molecule has 2 aromatic rings. The molecule has 1 amide bonds. The molecule has 156 valence electrons. The van der Waals surface area contributed by atoms with E-state index in [1.807, 2.05) is 50.1 Å². The highest BCUT2D eigenvalue weighted by atomic mass is 19.1. The molecule has 1 fully saturated rings. The molecular formula is C21H28FN5O2. The van der Waals surface area contributed by atoms with Gasteiger partial charge >= 0.3 is 0 Å². The normalized spacial score (nSPS) is 17.1. The topological polar surface area (TPSA) is 70.6 Å². The number of rotatable bonds is 7. The Morgan fingerprint density at radius 1 is 1.41 bits per heavy atom. The van der Waals surface area contributed by atoms with Crippen molar-refractivity contribution in [3.05, 3.63) is 41.8 Å². The quantitative estimate of drug-likeness (QED) is 0.769. The minimum Gasteiger partial charge on any atom is -0.489 e. The Morgan fingerprint density at radius 2 is 2.14 bits per heavy atom. The lowest BCUT2D eigenvalue weighted by Crippen LogP contribution is -2.27. The van der Waals surface area contributed by atoms with Crippen LogP contribution in [-0.2, 0) is 4.79 Å². The molecule has 0 radical (unpaired) electrons. The summed E-state index contributed by atoms with van der Waals surface area (Å²) in [5, 5.41) is 2.87. The minimum atomic E-state index is -0.418. The van der Waals surface area contributed by atoms with E-state index in [1.165, 1.54) is 13.1 Å². The van der Waals surface area contributed by atoms with E-state index in [-0.39, 0.29) is 18.1 Å². The van der Waals surface area contributed by atoms with Gasteiger partial charge < -0.3 is 19.9 Å². The molecule has 1 aliphatic heterocycles. The van der Waals surface area contributed by atoms with Crippen molar-refractivity contribution in [1.82, 2.24) is 15.3 Å². The summed E-state index contributed by atoms with van der Waals surface area (Å²) in [6.07, 6.45) is 2.08. The second-order valence-electron chi connectivity index (χ2n) is 7.32. The minimum absolute atomic E-state index is 0.00891. The highest BCUT2D eigenvalue weighted by molar-refractivity contribution is 5.73. The molecule has 0 bridgehead atoms. The molecule has 1 aromatic carbocycles. The van der Waals surface area contributed by atoms with Gasteiger partial charge in [0.1, 0.15) is 11.9 Å². The Morgan fingerprint density at radius 3 is 2.79 bits per heavy atom. The smallest absolute Gasteiger partial charge is 0.227 e. The molecule has 3 rings (SSSR count). The first-order valence-corrected chi connectivity index (χ1v) is 9.89. The second-order valence-corrected chi connectivity index (χ2v) is 7.32. The van der Waals surface area contributed by atoms with Gasteiger partial charge in [-0.2, -0.15) is 4.98 Å². The molecule has 1 N–H and O–H groups in total. The van der Waals surface area contributed by atoms with Crippen LogP contribution in [0, 0.1) is 5.82 Å². The lowest BCUT2D eigenvalue weighted by Gasteiger charge is -2.21. The lowest BCUT2D eigenvalue weighted by molar-refractivity contribution is -0.119. The summed E-state index contributed by atoms with van der Waals surface area (Å²) in [4.78, 5) is 23.5. The van der Waals surface area contributed by atoms with Crippen LogP contribution in [0.25, 0.3) is 0 Å². The molecule has 1 aliphatic rings. The molecule has 0 aliphatic carbocycles. The number of amides is 1. The summed E-state index contributed by atoms with van der Waals surface area (Å²) in [7, 11) is 1.81. The molecule has 2 heterocycles. The number of benzene rings is 1. The predicted octanol–water partition coefficient (Wildman–Crippen LogP) is 2.93. The molecule has 0 spiro atoms. The van der Waals surface area contributed by atoms with Crippen molar-refractivity contribution >= 4 is 17.7 Å². The summed E-state index contributed by atoms with van der Waals surface area (Å²) in [6.45, 7) is 7.46. The van der Waals surface area contributed by atoms with Crippen molar-refractivity contribution < 1.29 is 13.9 Å². The van der Waals surface area contributed by atoms with E-state index in [4.69, 9.17) is 4.74 Å². The monoisotopic (exact) mass is 401 g/mol. The number of carbonyl (C=O) groups excluding carboxylic acids is 1. The molecule has 29 heavy (non-hydrogen) atoms. The molecule has 1 aromatic heterocycles. The van der Waals surface area contributed by atoms with E-state index in [0.29, 0.717) is 24.9 Å². The van der Waals surface area contributed by atoms with Gasteiger partial charge in [-0.05, 0) is 31.5 Å². The molecular weight excluding hydrogens is 373 g/mol. The zero-order valence-electron chi connectivity index (χ0n) is 17.4. The average molecular weight is 401 g/mol. The number of aromatic nitrogens is 2. The van der Waals surface area contributed by atoms with Crippen molar-refractivity contribution in [2.75, 3.05) is 36.5 Å². The number of ether oxygens (including phenoxy) is 1. The summed E-state index contributed by atoms with van der Waals surface area (Å²) >= 11 is 0. The van der Waals surface area contributed by atoms with E-state index in [2.05, 4.69) is 15.3 Å². The van der Waals surface area contributed by atoms with Gasteiger partial charge in [-0.25, -0.2) is 9.37 Å². The van der Waals surface area contributed by atoms with E-state index >= 15 is 0 Å². The number of nitrogens with one attached hydrogen (secondary N) is 1. The van der Waals surface area contributed by atoms with Gasteiger partial charge in [-0.3, -0.25) is 4.79 Å². The van der Waals surface area contributed by atoms with E-state index < -0.39 is 5.82 Å². The fraction of sp³-hybridized carbons (Fsp3) is 0.476. The fourth-order valence-corrected chi connectivity index (χ4v) is 3.34. The van der Waals surface area contributed by atoms with E-state index in [9.17, 15) is 9.18 Å². The van der Waals surface area contributed by atoms with Crippen LogP contribution in [0.4, 0.5) is 16.2 Å². The van der Waals surface area contributed by atoms with Crippen LogP contribution in [0.15, 0.2) is 30.5 Å². The van der Waals surface area contributed by atoms with Crippen LogP contribution < -0.4 is 19.9 Å². The van der Waals surface area contributed by atoms with Gasteiger partial charge in [-0.15, -0.1) is 0 Å². The molecule has 7 nitrogen and oxygen atoms in total. The van der Waals surface area contributed by atoms with Gasteiger partial charge in [0.15, 0.2) is 11.6 Å². The molecule has 2 atom stereocenters. The maximum atomic E-state index is 14.0. The molecule has 0 saturated carbocycles. The number of anilines is 2. The Hall–Kier alpha value is -2.90. The summed E-state index contributed by atoms with van der Waals surface area (Å²) in [6, 6.07) is 7.70. The SMILES string of the molecule is CCN(C)c1nc(N2CC[C@@H](Oc3ccc([C@H](C)NC(C)=O)cc3)C2)ncc1F. The molecule has 1 saturated heterocycles. The van der Waals surface area contributed by atoms with Crippen LogP contribution in [0.2, 0.25) is 0 Å². The molecule has 0 unspecified atom stereocenters. The van der Waals surface area contributed by atoms with Crippen LogP contribution in [0.1, 0.15) is 38.8 Å². The van der Waals surface area contributed by atoms with Gasteiger partial charge in [-0.1, -0.05) is 12.1 Å². The molecule has 8 heteroatoms. The number of halogens is 1. The highest BCUT2D eigenvalue weighted by Crippen LogP contribution is 2.25. The van der Waals surface area contributed by atoms with Crippen molar-refractivity contribution in [3.63, 3.8) is 0 Å². The van der Waals surface area contributed by atoms with Crippen LogP contribution in [0.5, 0.6) is 5.75 Å². The Balaban J connectivity index is 1.61. The first kappa shape index (κ1) is 20.8. The van der Waals surface area contributed by atoms with E-state index in [0.717, 1.165) is 24.3 Å². The zero-order valence-corrected chi connectivity index (χ0v) is 17.4. The van der Waals surface area contributed by atoms with Gasteiger partial charge in [0.2, 0.25) is 11.9 Å². The van der Waals surface area contributed by atoms with Gasteiger partial charge in [0, 0.05) is 33.5 Å². The number of carbonyl (C=O) groups is 1. The lowest BCUT2D eigenvalue weighted by atomic mass is 10.1. The standard InChI is InChI=1S/C21H28FN5O2/c1-5-26(4)20-19(22)12-23-21(25-20)27-11-10-18(13-27)29-17-8-6-16(7-9-17)14(2)24-15(3)28/h6-9,12,14,18H,5,10-11,13H2,1-4H3,(H,24,28)/t14-,18+/m0/s1. The second kappa shape index (κ2) is 9.07. The Kier molecular flexibility index (Phi) is 6.51. The van der Waals surface area contributed by atoms with Crippen molar-refractivity contribution in [2.24, 2.45) is 0 Å². The first-order chi connectivity index (χ1) is 13.9. The zero-order chi connectivity index (χ0) is 21.0. The maximum absolute atomic E-state index is 14.0. The summed E-state index contributed by atoms with van der Waals surface area (Å²) in [5.41, 5.74) is 1.02. The summed E-state index contributed by atoms with van der Waals surface area (Å²) in [5.74, 6) is 1.14. The average Bonchev–Trinajstić information content (AvgIpc) is 3.16. The summed E-state index contributed by atoms with van der Waals surface area (Å²) < 4.78 is 20.1. The maximum Gasteiger partial charge on any atom is 0.227 e. The Bertz CT molecular complexity index is 845. The highest BCUT2D eigenvalue weighted by Gasteiger charge is 2.27. The number of nitrogens with zero attached hydrogens (tertiary/aromatic N) is 4. The third-order valence-corrected chi connectivity index (χ3v) is 5.08. The Labute approximate surface area is 170 Å². The largest absolute Gasteiger partial charge is 0.489 e. The van der Waals surface area contributed by atoms with Crippen LogP contribution >= 0.6 is 0 Å². The third-order valence-electron chi connectivity index (χ3n) is 5.08. The predicted molar refractivity (Wildman–Crippen MR) is 111 cm³/mol. The van der Waals surface area contributed by atoms with Crippen LogP contribution in [-0.4, -0.2) is 48.7 Å². The van der Waals surface area contributed by atoms with Crippen molar-refractivity contribution in [3.8, 4) is 5.75 Å². The van der Waals surface area contributed by atoms with E-state index in [1.54, 1.807) is 4.90 Å². The third kappa shape index (κ3) is 5.13. The number of hydrogen-bond acceptors (Lipinski definition) is 6. The van der Waals surface area contributed by atoms with Gasteiger partial charge in [0.25, 0.3) is 0 Å².